The van der Waals surface area contributed by atoms with Crippen molar-refractivity contribution in [2.45, 2.75) is 27.4 Å². The Morgan fingerprint density at radius 2 is 2.16 bits per heavy atom. The Morgan fingerprint density at radius 1 is 1.36 bits per heavy atom. The number of ether oxygens (including phenoxy) is 2. The Labute approximate surface area is 153 Å². The van der Waals surface area contributed by atoms with E-state index in [1.54, 1.807) is 24.5 Å². The summed E-state index contributed by atoms with van der Waals surface area (Å²) in [5.41, 5.74) is 1.53. The predicted molar refractivity (Wildman–Crippen MR) is 100 cm³/mol. The number of benzene rings is 1. The average molecular weight is 362 g/mol. The Bertz CT molecular complexity index is 685. The standard InChI is InChI=1S/C19H26N2O3S/c1-14(2)11-21(8-9-23-4)19(22)16-6-5-7-18(10-16)24-12-17-13-25-15(3)20-17/h5-7,10,13-14H,8-9,11-12H2,1-4H3. The van der Waals surface area contributed by atoms with E-state index >= 15 is 0 Å². The summed E-state index contributed by atoms with van der Waals surface area (Å²) in [5.74, 6) is 1.07. The number of hydrogen-bond acceptors (Lipinski definition) is 5. The molecule has 0 saturated heterocycles. The summed E-state index contributed by atoms with van der Waals surface area (Å²) in [5, 5.41) is 3.00. The number of aryl methyl sites for hydroxylation is 1. The van der Waals surface area contributed by atoms with Gasteiger partial charge < -0.3 is 14.4 Å². The molecule has 25 heavy (non-hydrogen) atoms. The fraction of sp³-hybridized carbons (Fsp3) is 0.474. The summed E-state index contributed by atoms with van der Waals surface area (Å²) >= 11 is 1.60. The molecule has 1 heterocycles. The van der Waals surface area contributed by atoms with E-state index in [-0.39, 0.29) is 5.91 Å². The van der Waals surface area contributed by atoms with Gasteiger partial charge in [-0.05, 0) is 31.0 Å². The lowest BCUT2D eigenvalue weighted by molar-refractivity contribution is 0.0672. The lowest BCUT2D eigenvalue weighted by Crippen LogP contribution is -2.36. The fourth-order valence-corrected chi connectivity index (χ4v) is 3.05. The number of methoxy groups -OCH3 is 1. The van der Waals surface area contributed by atoms with Crippen LogP contribution in [0.4, 0.5) is 0 Å². The molecular formula is C19H26N2O3S. The van der Waals surface area contributed by atoms with E-state index in [2.05, 4.69) is 18.8 Å². The van der Waals surface area contributed by atoms with Crippen LogP contribution in [0.15, 0.2) is 29.6 Å². The molecule has 0 radical (unpaired) electrons. The lowest BCUT2D eigenvalue weighted by Gasteiger charge is -2.24. The molecular weight excluding hydrogens is 336 g/mol. The third-order valence-electron chi connectivity index (χ3n) is 3.57. The summed E-state index contributed by atoms with van der Waals surface area (Å²) in [4.78, 5) is 19.0. The van der Waals surface area contributed by atoms with Crippen LogP contribution in [0.25, 0.3) is 0 Å². The second kappa shape index (κ2) is 9.53. The van der Waals surface area contributed by atoms with Crippen LogP contribution >= 0.6 is 11.3 Å². The first-order chi connectivity index (χ1) is 12.0. The number of amides is 1. The van der Waals surface area contributed by atoms with Gasteiger partial charge in [0.1, 0.15) is 12.4 Å². The number of carbonyl (C=O) groups excluding carboxylic acids is 1. The molecule has 136 valence electrons. The Balaban J connectivity index is 2.05. The second-order valence-corrected chi connectivity index (χ2v) is 7.37. The van der Waals surface area contributed by atoms with Gasteiger partial charge in [-0.2, -0.15) is 0 Å². The lowest BCUT2D eigenvalue weighted by atomic mass is 10.1. The van der Waals surface area contributed by atoms with Crippen LogP contribution in [-0.2, 0) is 11.3 Å². The molecule has 0 bridgehead atoms. The highest BCUT2D eigenvalue weighted by Crippen LogP contribution is 2.18. The zero-order valence-electron chi connectivity index (χ0n) is 15.3. The van der Waals surface area contributed by atoms with Crippen molar-refractivity contribution < 1.29 is 14.3 Å². The SMILES string of the molecule is COCCN(CC(C)C)C(=O)c1cccc(OCc2csc(C)n2)c1. The number of aromatic nitrogens is 1. The van der Waals surface area contributed by atoms with Crippen LogP contribution in [0.2, 0.25) is 0 Å². The maximum atomic E-state index is 12.8. The maximum Gasteiger partial charge on any atom is 0.254 e. The third kappa shape index (κ3) is 6.14. The number of nitrogens with zero attached hydrogens (tertiary/aromatic N) is 2. The summed E-state index contributed by atoms with van der Waals surface area (Å²) in [7, 11) is 1.65. The van der Waals surface area contributed by atoms with Crippen LogP contribution in [0.1, 0.15) is 34.9 Å². The number of hydrogen-bond donors (Lipinski definition) is 0. The highest BCUT2D eigenvalue weighted by Gasteiger charge is 2.17. The quantitative estimate of drug-likeness (QED) is 0.681. The molecule has 0 N–H and O–H groups in total. The molecule has 0 aliphatic heterocycles. The van der Waals surface area contributed by atoms with E-state index in [9.17, 15) is 4.79 Å². The van der Waals surface area contributed by atoms with Crippen molar-refractivity contribution in [3.8, 4) is 5.75 Å². The first-order valence-corrected chi connectivity index (χ1v) is 9.29. The van der Waals surface area contributed by atoms with E-state index in [4.69, 9.17) is 9.47 Å². The number of carbonyl (C=O) groups is 1. The van der Waals surface area contributed by atoms with Gasteiger partial charge in [0.05, 0.1) is 17.3 Å². The van der Waals surface area contributed by atoms with Crippen molar-refractivity contribution in [2.75, 3.05) is 26.8 Å². The molecule has 6 heteroatoms. The van der Waals surface area contributed by atoms with Gasteiger partial charge in [-0.3, -0.25) is 4.79 Å². The topological polar surface area (TPSA) is 51.7 Å². The molecule has 0 unspecified atom stereocenters. The van der Waals surface area contributed by atoms with Gasteiger partial charge in [0.2, 0.25) is 0 Å². The first kappa shape index (κ1) is 19.4. The number of rotatable bonds is 9. The molecule has 2 rings (SSSR count). The van der Waals surface area contributed by atoms with Gasteiger partial charge in [0, 0.05) is 31.1 Å². The Kier molecular flexibility index (Phi) is 7.40. The second-order valence-electron chi connectivity index (χ2n) is 6.31. The fourth-order valence-electron chi connectivity index (χ4n) is 2.45. The first-order valence-electron chi connectivity index (χ1n) is 8.41. The summed E-state index contributed by atoms with van der Waals surface area (Å²) in [6, 6.07) is 7.32. The predicted octanol–water partition coefficient (Wildman–Crippen LogP) is 3.78. The minimum Gasteiger partial charge on any atom is -0.487 e. The van der Waals surface area contributed by atoms with E-state index in [0.717, 1.165) is 10.7 Å². The molecule has 0 fully saturated rings. The molecule has 1 aromatic heterocycles. The van der Waals surface area contributed by atoms with Crippen molar-refractivity contribution in [1.82, 2.24) is 9.88 Å². The molecule has 0 aliphatic carbocycles. The summed E-state index contributed by atoms with van der Waals surface area (Å²) in [6.07, 6.45) is 0. The summed E-state index contributed by atoms with van der Waals surface area (Å²) in [6.45, 7) is 8.38. The molecule has 0 atom stereocenters. The van der Waals surface area contributed by atoms with Crippen LogP contribution < -0.4 is 4.74 Å². The van der Waals surface area contributed by atoms with Crippen LogP contribution in [0.3, 0.4) is 0 Å². The third-order valence-corrected chi connectivity index (χ3v) is 4.39. The van der Waals surface area contributed by atoms with Crippen molar-refractivity contribution >= 4 is 17.2 Å². The van der Waals surface area contributed by atoms with Gasteiger partial charge in [-0.15, -0.1) is 11.3 Å². The van der Waals surface area contributed by atoms with E-state index in [0.29, 0.717) is 43.5 Å². The smallest absolute Gasteiger partial charge is 0.254 e. The minimum atomic E-state index is 0.000651. The maximum absolute atomic E-state index is 12.8. The number of thiazole rings is 1. The molecule has 5 nitrogen and oxygen atoms in total. The Morgan fingerprint density at radius 3 is 2.80 bits per heavy atom. The van der Waals surface area contributed by atoms with Gasteiger partial charge in [0.15, 0.2) is 0 Å². The van der Waals surface area contributed by atoms with E-state index < -0.39 is 0 Å². The molecule has 0 spiro atoms. The van der Waals surface area contributed by atoms with E-state index in [1.165, 1.54) is 0 Å². The highest BCUT2D eigenvalue weighted by molar-refractivity contribution is 7.09. The van der Waals surface area contributed by atoms with Crippen LogP contribution in [0, 0.1) is 12.8 Å². The van der Waals surface area contributed by atoms with E-state index in [1.807, 2.05) is 35.4 Å². The molecule has 2 aromatic rings. The largest absolute Gasteiger partial charge is 0.487 e. The molecule has 1 aromatic carbocycles. The van der Waals surface area contributed by atoms with Crippen molar-refractivity contribution in [2.24, 2.45) is 5.92 Å². The monoisotopic (exact) mass is 362 g/mol. The van der Waals surface area contributed by atoms with Gasteiger partial charge in [0.25, 0.3) is 5.91 Å². The molecule has 0 aliphatic rings. The zero-order valence-corrected chi connectivity index (χ0v) is 16.1. The normalized spacial score (nSPS) is 10.9. The molecule has 0 saturated carbocycles. The van der Waals surface area contributed by atoms with Crippen molar-refractivity contribution in [3.63, 3.8) is 0 Å². The van der Waals surface area contributed by atoms with Gasteiger partial charge >= 0.3 is 0 Å². The van der Waals surface area contributed by atoms with Gasteiger partial charge in [-0.25, -0.2) is 4.98 Å². The van der Waals surface area contributed by atoms with Crippen molar-refractivity contribution in [1.29, 1.82) is 0 Å². The summed E-state index contributed by atoms with van der Waals surface area (Å²) < 4.78 is 10.9. The van der Waals surface area contributed by atoms with Crippen molar-refractivity contribution in [3.05, 3.63) is 45.9 Å². The average Bonchev–Trinajstić information content (AvgIpc) is 3.01. The highest BCUT2D eigenvalue weighted by atomic mass is 32.1. The Hall–Kier alpha value is -1.92. The minimum absolute atomic E-state index is 0.000651. The molecule has 1 amide bonds. The van der Waals surface area contributed by atoms with Crippen LogP contribution in [-0.4, -0.2) is 42.6 Å². The van der Waals surface area contributed by atoms with Crippen LogP contribution in [0.5, 0.6) is 5.75 Å². The zero-order chi connectivity index (χ0) is 18.2. The van der Waals surface area contributed by atoms with Gasteiger partial charge in [-0.1, -0.05) is 19.9 Å².